The van der Waals surface area contributed by atoms with Crippen molar-refractivity contribution in [1.29, 1.82) is 0 Å². The summed E-state index contributed by atoms with van der Waals surface area (Å²) in [6, 6.07) is 0.757. The standard InChI is InChI=1S/C16H33NO/c1-14(2)8-6-4-5-7-13-17-15-9-11-16(18-3)12-10-15/h14-17H,4-13H2,1-3H3. The first-order valence-corrected chi connectivity index (χ1v) is 7.98. The summed E-state index contributed by atoms with van der Waals surface area (Å²) < 4.78 is 5.40. The number of rotatable bonds is 9. The van der Waals surface area contributed by atoms with Gasteiger partial charge in [0.05, 0.1) is 6.10 Å². The van der Waals surface area contributed by atoms with Crippen LogP contribution in [0, 0.1) is 5.92 Å². The maximum absolute atomic E-state index is 5.40. The summed E-state index contributed by atoms with van der Waals surface area (Å²) in [6.07, 6.45) is 12.6. The van der Waals surface area contributed by atoms with Crippen LogP contribution < -0.4 is 5.32 Å². The SMILES string of the molecule is COC1CCC(NCCCCCCC(C)C)CC1. The van der Waals surface area contributed by atoms with E-state index in [0.29, 0.717) is 6.10 Å². The lowest BCUT2D eigenvalue weighted by molar-refractivity contribution is 0.0625. The lowest BCUT2D eigenvalue weighted by Crippen LogP contribution is -2.35. The highest BCUT2D eigenvalue weighted by Crippen LogP contribution is 2.20. The zero-order valence-electron chi connectivity index (χ0n) is 12.7. The first-order valence-electron chi connectivity index (χ1n) is 7.98. The van der Waals surface area contributed by atoms with Gasteiger partial charge in [-0.3, -0.25) is 0 Å². The fourth-order valence-corrected chi connectivity index (χ4v) is 2.84. The highest BCUT2D eigenvalue weighted by molar-refractivity contribution is 4.77. The summed E-state index contributed by atoms with van der Waals surface area (Å²) in [5, 5.41) is 3.71. The van der Waals surface area contributed by atoms with Crippen LogP contribution in [0.25, 0.3) is 0 Å². The highest BCUT2D eigenvalue weighted by atomic mass is 16.5. The van der Waals surface area contributed by atoms with E-state index in [0.717, 1.165) is 12.0 Å². The Hall–Kier alpha value is -0.0800. The van der Waals surface area contributed by atoms with Crippen molar-refractivity contribution in [3.63, 3.8) is 0 Å². The molecule has 0 saturated heterocycles. The van der Waals surface area contributed by atoms with Crippen molar-refractivity contribution < 1.29 is 4.74 Å². The number of methoxy groups -OCH3 is 1. The molecule has 2 nitrogen and oxygen atoms in total. The Balaban J connectivity index is 1.86. The smallest absolute Gasteiger partial charge is 0.0572 e. The van der Waals surface area contributed by atoms with E-state index in [1.54, 1.807) is 0 Å². The van der Waals surface area contributed by atoms with Crippen molar-refractivity contribution in [3.05, 3.63) is 0 Å². The van der Waals surface area contributed by atoms with Crippen LogP contribution in [0.4, 0.5) is 0 Å². The Labute approximate surface area is 114 Å². The molecule has 0 atom stereocenters. The molecule has 108 valence electrons. The molecule has 18 heavy (non-hydrogen) atoms. The Bertz CT molecular complexity index is 186. The maximum atomic E-state index is 5.40. The summed E-state index contributed by atoms with van der Waals surface area (Å²) in [4.78, 5) is 0. The van der Waals surface area contributed by atoms with Crippen molar-refractivity contribution in [2.75, 3.05) is 13.7 Å². The molecule has 1 rings (SSSR count). The van der Waals surface area contributed by atoms with E-state index >= 15 is 0 Å². The van der Waals surface area contributed by atoms with Crippen molar-refractivity contribution >= 4 is 0 Å². The molecule has 0 aromatic carbocycles. The largest absolute Gasteiger partial charge is 0.381 e. The zero-order valence-corrected chi connectivity index (χ0v) is 12.7. The fraction of sp³-hybridized carbons (Fsp3) is 1.00. The van der Waals surface area contributed by atoms with Crippen LogP contribution in [-0.2, 0) is 4.74 Å². The second kappa shape index (κ2) is 9.80. The molecule has 0 unspecified atom stereocenters. The third-order valence-electron chi connectivity index (χ3n) is 4.15. The third kappa shape index (κ3) is 7.38. The molecular weight excluding hydrogens is 222 g/mol. The molecule has 0 amide bonds. The van der Waals surface area contributed by atoms with Gasteiger partial charge in [0.25, 0.3) is 0 Å². The van der Waals surface area contributed by atoms with Crippen LogP contribution in [0.3, 0.4) is 0 Å². The zero-order chi connectivity index (χ0) is 13.2. The summed E-state index contributed by atoms with van der Waals surface area (Å²) in [5.74, 6) is 0.874. The number of unbranched alkanes of at least 4 members (excludes halogenated alkanes) is 3. The quantitative estimate of drug-likeness (QED) is 0.625. The van der Waals surface area contributed by atoms with Crippen molar-refractivity contribution in [1.82, 2.24) is 5.32 Å². The van der Waals surface area contributed by atoms with Gasteiger partial charge in [0.1, 0.15) is 0 Å². The van der Waals surface area contributed by atoms with Gasteiger partial charge in [-0.1, -0.05) is 39.5 Å². The van der Waals surface area contributed by atoms with E-state index in [4.69, 9.17) is 4.74 Å². The predicted molar refractivity (Wildman–Crippen MR) is 79.0 cm³/mol. The minimum atomic E-state index is 0.527. The molecule has 0 aromatic rings. The van der Waals surface area contributed by atoms with E-state index in [-0.39, 0.29) is 0 Å². The number of hydrogen-bond acceptors (Lipinski definition) is 2. The third-order valence-corrected chi connectivity index (χ3v) is 4.15. The number of nitrogens with one attached hydrogen (secondary N) is 1. The second-order valence-electron chi connectivity index (χ2n) is 6.26. The first kappa shape index (κ1) is 16.0. The molecule has 1 saturated carbocycles. The number of ether oxygens (including phenoxy) is 1. The maximum Gasteiger partial charge on any atom is 0.0572 e. The molecule has 1 aliphatic rings. The van der Waals surface area contributed by atoms with Crippen molar-refractivity contribution in [2.24, 2.45) is 5.92 Å². The van der Waals surface area contributed by atoms with E-state index in [9.17, 15) is 0 Å². The minimum Gasteiger partial charge on any atom is -0.381 e. The van der Waals surface area contributed by atoms with Gasteiger partial charge in [0.15, 0.2) is 0 Å². The van der Waals surface area contributed by atoms with Crippen LogP contribution in [0.1, 0.15) is 71.6 Å². The molecule has 0 aliphatic heterocycles. The molecule has 1 fully saturated rings. The van der Waals surface area contributed by atoms with Gasteiger partial charge in [0, 0.05) is 13.2 Å². The Morgan fingerprint density at radius 1 is 1.00 bits per heavy atom. The second-order valence-corrected chi connectivity index (χ2v) is 6.26. The molecule has 0 bridgehead atoms. The fourth-order valence-electron chi connectivity index (χ4n) is 2.84. The molecule has 1 N–H and O–H groups in total. The van der Waals surface area contributed by atoms with Crippen molar-refractivity contribution in [3.8, 4) is 0 Å². The average molecular weight is 255 g/mol. The molecule has 0 radical (unpaired) electrons. The van der Waals surface area contributed by atoms with Crippen LogP contribution in [0.2, 0.25) is 0 Å². The molecule has 0 heterocycles. The van der Waals surface area contributed by atoms with E-state index < -0.39 is 0 Å². The summed E-state index contributed by atoms with van der Waals surface area (Å²) in [7, 11) is 1.84. The molecule has 1 aliphatic carbocycles. The predicted octanol–water partition coefficient (Wildman–Crippen LogP) is 4.14. The Morgan fingerprint density at radius 2 is 1.67 bits per heavy atom. The molecule has 2 heteroatoms. The molecular formula is C16H33NO. The lowest BCUT2D eigenvalue weighted by atomic mass is 9.93. The minimum absolute atomic E-state index is 0.527. The van der Waals surface area contributed by atoms with Gasteiger partial charge < -0.3 is 10.1 Å². The van der Waals surface area contributed by atoms with Gasteiger partial charge in [0.2, 0.25) is 0 Å². The van der Waals surface area contributed by atoms with Crippen LogP contribution in [-0.4, -0.2) is 25.8 Å². The van der Waals surface area contributed by atoms with Crippen LogP contribution in [0.5, 0.6) is 0 Å². The van der Waals surface area contributed by atoms with Gasteiger partial charge in [-0.15, -0.1) is 0 Å². The first-order chi connectivity index (χ1) is 8.72. The van der Waals surface area contributed by atoms with Gasteiger partial charge in [-0.25, -0.2) is 0 Å². The van der Waals surface area contributed by atoms with E-state index in [2.05, 4.69) is 19.2 Å². The summed E-state index contributed by atoms with van der Waals surface area (Å²) in [6.45, 7) is 5.85. The molecule has 0 aromatic heterocycles. The Morgan fingerprint density at radius 3 is 2.28 bits per heavy atom. The van der Waals surface area contributed by atoms with Gasteiger partial charge in [-0.05, 0) is 44.6 Å². The normalized spacial score (nSPS) is 24.7. The van der Waals surface area contributed by atoms with Gasteiger partial charge >= 0.3 is 0 Å². The van der Waals surface area contributed by atoms with E-state index in [1.807, 2.05) is 7.11 Å². The summed E-state index contributed by atoms with van der Waals surface area (Å²) in [5.41, 5.74) is 0. The van der Waals surface area contributed by atoms with Crippen molar-refractivity contribution in [2.45, 2.75) is 83.8 Å². The van der Waals surface area contributed by atoms with E-state index in [1.165, 1.54) is 64.3 Å². The topological polar surface area (TPSA) is 21.3 Å². The average Bonchev–Trinajstić information content (AvgIpc) is 2.38. The number of hydrogen-bond donors (Lipinski definition) is 1. The van der Waals surface area contributed by atoms with Crippen LogP contribution >= 0.6 is 0 Å². The van der Waals surface area contributed by atoms with Gasteiger partial charge in [-0.2, -0.15) is 0 Å². The van der Waals surface area contributed by atoms with Crippen LogP contribution in [0.15, 0.2) is 0 Å². The highest BCUT2D eigenvalue weighted by Gasteiger charge is 2.19. The monoisotopic (exact) mass is 255 g/mol. The Kier molecular flexibility index (Phi) is 8.70. The lowest BCUT2D eigenvalue weighted by Gasteiger charge is -2.28. The molecule has 0 spiro atoms. The summed E-state index contributed by atoms with van der Waals surface area (Å²) >= 11 is 0.